The van der Waals surface area contributed by atoms with Gasteiger partial charge in [0.15, 0.2) is 11.7 Å². The van der Waals surface area contributed by atoms with Crippen molar-refractivity contribution in [2.24, 2.45) is 0 Å². The second-order valence-corrected chi connectivity index (χ2v) is 9.88. The largest absolute Gasteiger partial charge is 0.496 e. The summed E-state index contributed by atoms with van der Waals surface area (Å²) in [7, 11) is 1.66. The SMILES string of the molecule is COc1cc(N2CCCN(C(=O)Nc3nc4ccccc4n3Cc3ccccc3)CC2)ccc1-c1cnc(C)o1. The number of fused-ring (bicyclic) bond motifs is 1. The first kappa shape index (κ1) is 25.5. The number of carbonyl (C=O) groups is 1. The third kappa shape index (κ3) is 5.22. The van der Waals surface area contributed by atoms with E-state index >= 15 is 0 Å². The lowest BCUT2D eigenvalue weighted by Gasteiger charge is -2.24. The van der Waals surface area contributed by atoms with Crippen molar-refractivity contribution >= 4 is 28.7 Å². The Morgan fingerprint density at radius 2 is 1.82 bits per heavy atom. The molecule has 1 aliphatic heterocycles. The molecule has 1 saturated heterocycles. The van der Waals surface area contributed by atoms with Crippen LogP contribution in [0, 0.1) is 6.92 Å². The van der Waals surface area contributed by atoms with Crippen molar-refractivity contribution in [1.29, 1.82) is 0 Å². The van der Waals surface area contributed by atoms with Crippen LogP contribution >= 0.6 is 0 Å². The molecule has 204 valence electrons. The molecule has 1 aliphatic rings. The van der Waals surface area contributed by atoms with Crippen LogP contribution < -0.4 is 15.0 Å². The number of rotatable bonds is 6. The minimum absolute atomic E-state index is 0.139. The lowest BCUT2D eigenvalue weighted by molar-refractivity contribution is 0.215. The Morgan fingerprint density at radius 3 is 2.62 bits per heavy atom. The summed E-state index contributed by atoms with van der Waals surface area (Å²) in [4.78, 5) is 26.6. The summed E-state index contributed by atoms with van der Waals surface area (Å²) in [6.07, 6.45) is 2.56. The molecule has 2 amide bonds. The number of imidazole rings is 1. The predicted octanol–water partition coefficient (Wildman–Crippen LogP) is 5.80. The number of hydrogen-bond donors (Lipinski definition) is 1. The van der Waals surface area contributed by atoms with Gasteiger partial charge in [-0.2, -0.15) is 0 Å². The maximum atomic E-state index is 13.5. The van der Waals surface area contributed by atoms with Crippen molar-refractivity contribution in [2.45, 2.75) is 19.9 Å². The molecule has 1 fully saturated rings. The maximum absolute atomic E-state index is 13.5. The third-order valence-electron chi connectivity index (χ3n) is 7.28. The Bertz CT molecular complexity index is 1630. The van der Waals surface area contributed by atoms with Gasteiger partial charge < -0.3 is 23.5 Å². The van der Waals surface area contributed by atoms with E-state index < -0.39 is 0 Å². The number of aryl methyl sites for hydroxylation is 1. The van der Waals surface area contributed by atoms with E-state index in [1.807, 2.05) is 66.4 Å². The zero-order valence-corrected chi connectivity index (χ0v) is 22.7. The highest BCUT2D eigenvalue weighted by Gasteiger charge is 2.23. The molecule has 0 bridgehead atoms. The van der Waals surface area contributed by atoms with Gasteiger partial charge in [0.2, 0.25) is 5.95 Å². The summed E-state index contributed by atoms with van der Waals surface area (Å²) in [6, 6.07) is 24.1. The van der Waals surface area contributed by atoms with Gasteiger partial charge in [-0.25, -0.2) is 14.8 Å². The van der Waals surface area contributed by atoms with Crippen LogP contribution in [0.25, 0.3) is 22.4 Å². The summed E-state index contributed by atoms with van der Waals surface area (Å²) < 4.78 is 13.4. The first-order chi connectivity index (χ1) is 19.6. The summed E-state index contributed by atoms with van der Waals surface area (Å²) in [6.45, 7) is 5.24. The van der Waals surface area contributed by atoms with Gasteiger partial charge in [0.1, 0.15) is 5.75 Å². The van der Waals surface area contributed by atoms with Crippen LogP contribution in [-0.4, -0.2) is 58.8 Å². The second kappa shape index (κ2) is 11.1. The summed E-state index contributed by atoms with van der Waals surface area (Å²) in [5, 5.41) is 3.10. The first-order valence-corrected chi connectivity index (χ1v) is 13.5. The van der Waals surface area contributed by atoms with Gasteiger partial charge in [-0.15, -0.1) is 0 Å². The number of oxazole rings is 1. The number of hydrogen-bond acceptors (Lipinski definition) is 6. The molecule has 3 aromatic carbocycles. The number of nitrogens with zero attached hydrogens (tertiary/aromatic N) is 5. The molecule has 6 rings (SSSR count). The molecule has 0 radical (unpaired) electrons. The van der Waals surface area contributed by atoms with Crippen LogP contribution in [0.15, 0.2) is 83.4 Å². The van der Waals surface area contributed by atoms with Crippen LogP contribution in [0.3, 0.4) is 0 Å². The molecule has 40 heavy (non-hydrogen) atoms. The van der Waals surface area contributed by atoms with E-state index in [9.17, 15) is 4.79 Å². The van der Waals surface area contributed by atoms with Gasteiger partial charge in [-0.3, -0.25) is 5.32 Å². The van der Waals surface area contributed by atoms with Crippen molar-refractivity contribution < 1.29 is 13.9 Å². The van der Waals surface area contributed by atoms with Crippen LogP contribution in [0.2, 0.25) is 0 Å². The molecule has 2 aromatic heterocycles. The van der Waals surface area contributed by atoms with Gasteiger partial charge in [-0.05, 0) is 36.2 Å². The predicted molar refractivity (Wildman–Crippen MR) is 156 cm³/mol. The van der Waals surface area contributed by atoms with Crippen molar-refractivity contribution in [3.8, 4) is 17.1 Å². The fourth-order valence-corrected chi connectivity index (χ4v) is 5.22. The van der Waals surface area contributed by atoms with Crippen molar-refractivity contribution in [3.05, 3.63) is 90.4 Å². The van der Waals surface area contributed by atoms with Crippen molar-refractivity contribution in [1.82, 2.24) is 19.4 Å². The maximum Gasteiger partial charge on any atom is 0.324 e. The van der Waals surface area contributed by atoms with Gasteiger partial charge in [0.25, 0.3) is 0 Å². The molecule has 0 aliphatic carbocycles. The zero-order chi connectivity index (χ0) is 27.5. The molecule has 0 saturated carbocycles. The number of methoxy groups -OCH3 is 1. The molecular formula is C31H32N6O3. The third-order valence-corrected chi connectivity index (χ3v) is 7.28. The molecule has 9 nitrogen and oxygen atoms in total. The summed E-state index contributed by atoms with van der Waals surface area (Å²) in [5.74, 6) is 2.57. The number of aromatic nitrogens is 3. The molecule has 1 N–H and O–H groups in total. The molecule has 5 aromatic rings. The number of nitrogens with one attached hydrogen (secondary N) is 1. The topological polar surface area (TPSA) is 88.7 Å². The van der Waals surface area contributed by atoms with E-state index in [-0.39, 0.29) is 6.03 Å². The average molecular weight is 537 g/mol. The van der Waals surface area contributed by atoms with Crippen LogP contribution in [0.1, 0.15) is 17.9 Å². The Labute approximate surface area is 233 Å². The Hall–Kier alpha value is -4.79. The van der Waals surface area contributed by atoms with E-state index in [1.165, 1.54) is 0 Å². The number of benzene rings is 3. The fraction of sp³-hybridized carbons (Fsp3) is 0.258. The smallest absolute Gasteiger partial charge is 0.324 e. The average Bonchev–Trinajstić information content (AvgIpc) is 3.46. The molecule has 0 spiro atoms. The number of ether oxygens (including phenoxy) is 1. The van der Waals surface area contributed by atoms with Crippen molar-refractivity contribution in [3.63, 3.8) is 0 Å². The Morgan fingerprint density at radius 1 is 1.00 bits per heavy atom. The minimum atomic E-state index is -0.139. The summed E-state index contributed by atoms with van der Waals surface area (Å²) >= 11 is 0. The number of para-hydroxylation sites is 2. The van der Waals surface area contributed by atoms with Crippen LogP contribution in [-0.2, 0) is 6.54 Å². The first-order valence-electron chi connectivity index (χ1n) is 13.5. The monoisotopic (exact) mass is 536 g/mol. The molecule has 3 heterocycles. The number of carbonyl (C=O) groups excluding carboxylic acids is 1. The zero-order valence-electron chi connectivity index (χ0n) is 22.7. The summed E-state index contributed by atoms with van der Waals surface area (Å²) in [5.41, 5.74) is 4.89. The van der Waals surface area contributed by atoms with E-state index in [2.05, 4.69) is 38.0 Å². The lowest BCUT2D eigenvalue weighted by atomic mass is 10.1. The van der Waals surface area contributed by atoms with Gasteiger partial charge >= 0.3 is 6.03 Å². The van der Waals surface area contributed by atoms with E-state index in [0.717, 1.165) is 46.6 Å². The molecule has 0 atom stereocenters. The van der Waals surface area contributed by atoms with Gasteiger partial charge in [0, 0.05) is 44.9 Å². The second-order valence-electron chi connectivity index (χ2n) is 9.88. The van der Waals surface area contributed by atoms with Crippen molar-refractivity contribution in [2.75, 3.05) is 43.5 Å². The quantitative estimate of drug-likeness (QED) is 0.295. The Balaban J connectivity index is 1.17. The highest BCUT2D eigenvalue weighted by molar-refractivity contribution is 5.90. The van der Waals surface area contributed by atoms with E-state index in [4.69, 9.17) is 14.1 Å². The molecule has 9 heteroatoms. The van der Waals surface area contributed by atoms with Crippen LogP contribution in [0.5, 0.6) is 5.75 Å². The van der Waals surface area contributed by atoms with Gasteiger partial charge in [-0.1, -0.05) is 42.5 Å². The van der Waals surface area contributed by atoms with Crippen LogP contribution in [0.4, 0.5) is 16.4 Å². The minimum Gasteiger partial charge on any atom is -0.496 e. The fourth-order valence-electron chi connectivity index (χ4n) is 5.22. The molecular weight excluding hydrogens is 504 g/mol. The molecule has 0 unspecified atom stereocenters. The standard InChI is InChI=1S/C31H32N6O3/c1-22-32-20-29(40-22)25-14-13-24(19-28(25)39-2)35-15-8-16-36(18-17-35)31(38)34-30-33-26-11-6-7-12-27(26)37(30)21-23-9-4-3-5-10-23/h3-7,9-14,19-20H,8,15-18,21H2,1-2H3,(H,33,34,38). The number of anilines is 2. The van der Waals surface area contributed by atoms with Gasteiger partial charge in [0.05, 0.1) is 36.4 Å². The Kier molecular flexibility index (Phi) is 7.09. The number of urea groups is 1. The lowest BCUT2D eigenvalue weighted by Crippen LogP contribution is -2.38. The number of amides is 2. The van der Waals surface area contributed by atoms with E-state index in [0.29, 0.717) is 43.8 Å². The highest BCUT2D eigenvalue weighted by atomic mass is 16.5. The highest BCUT2D eigenvalue weighted by Crippen LogP contribution is 2.34. The normalized spacial score (nSPS) is 13.8. The van der Waals surface area contributed by atoms with E-state index in [1.54, 1.807) is 13.3 Å².